The number of ether oxygens (including phenoxy) is 8. The van der Waals surface area contributed by atoms with E-state index in [2.05, 4.69) is 0 Å². The lowest BCUT2D eigenvalue weighted by atomic mass is 9.72. The molecule has 23 nitrogen and oxygen atoms in total. The minimum absolute atomic E-state index is 0.0211. The van der Waals surface area contributed by atoms with E-state index in [9.17, 15) is 65.1 Å². The van der Waals surface area contributed by atoms with Crippen LogP contribution in [0.4, 0.5) is 0 Å². The van der Waals surface area contributed by atoms with Crippen molar-refractivity contribution < 1.29 is 113 Å². The molecule has 0 aromatic carbocycles. The van der Waals surface area contributed by atoms with Gasteiger partial charge in [-0.2, -0.15) is 0 Å². The van der Waals surface area contributed by atoms with E-state index in [0.29, 0.717) is 0 Å². The van der Waals surface area contributed by atoms with Crippen molar-refractivity contribution in [1.29, 1.82) is 0 Å². The Labute approximate surface area is 324 Å². The minimum Gasteiger partial charge on any atom is -0.481 e. The summed E-state index contributed by atoms with van der Waals surface area (Å²) in [6.45, 7) is -1.38. The molecule has 0 bridgehead atoms. The highest BCUT2D eigenvalue weighted by Crippen LogP contribution is 2.43. The van der Waals surface area contributed by atoms with Gasteiger partial charge < -0.3 is 94.1 Å². The molecule has 5 rings (SSSR count). The number of aliphatic hydroxyl groups is 11. The van der Waals surface area contributed by atoms with E-state index in [4.69, 9.17) is 48.1 Å². The number of carboxylic acid groups (broad SMARTS) is 2. The first-order valence-electron chi connectivity index (χ1n) is 18.6. The van der Waals surface area contributed by atoms with Gasteiger partial charge in [-0.15, -0.1) is 0 Å². The molecular formula is C34H53O23+. The topological polar surface area (TPSA) is 368 Å². The maximum absolute atomic E-state index is 11.9. The van der Waals surface area contributed by atoms with E-state index in [-0.39, 0.29) is 32.1 Å². The summed E-state index contributed by atoms with van der Waals surface area (Å²) in [5.74, 6) is -6.37. The number of hydrogen-bond donors (Lipinski definition) is 11. The van der Waals surface area contributed by atoms with Crippen molar-refractivity contribution in [1.82, 2.24) is 0 Å². The Hall–Kier alpha value is -2.72. The Morgan fingerprint density at radius 2 is 1.12 bits per heavy atom. The first kappa shape index (κ1) is 45.4. The van der Waals surface area contributed by atoms with Gasteiger partial charge in [-0.1, -0.05) is 0 Å². The van der Waals surface area contributed by atoms with Crippen LogP contribution in [0.1, 0.15) is 44.9 Å². The zero-order chi connectivity index (χ0) is 41.9. The Balaban J connectivity index is 1.31. The number of esters is 2. The van der Waals surface area contributed by atoms with E-state index < -0.39 is 172 Å². The van der Waals surface area contributed by atoms with Crippen molar-refractivity contribution >= 4 is 23.9 Å². The molecule has 10 unspecified atom stereocenters. The highest BCUT2D eigenvalue weighted by Gasteiger charge is 2.57. The first-order valence-corrected chi connectivity index (χ1v) is 18.6. The Kier molecular flexibility index (Phi) is 15.6. The van der Waals surface area contributed by atoms with Gasteiger partial charge in [0.05, 0.1) is 30.3 Å². The van der Waals surface area contributed by atoms with Gasteiger partial charge in [-0.3, -0.25) is 19.2 Å². The SMILES string of the molecule is COC1CC(C2[OH+]C3CC(O[C@@H]4O[C@H](COC(=O)CC(=O)O)[C@@H](O)[C@H](O)[C@H]4O)CC(O)C3CC2O[C@@H]2O[C@H](COC(=O)CC(=O)O)[C@@H](O)[C@H](O)[C@H]2O)CC(O)C1O. The maximum atomic E-state index is 11.9. The summed E-state index contributed by atoms with van der Waals surface area (Å²) < 4.78 is 43.7. The molecule has 326 valence electrons. The molecule has 3 saturated heterocycles. The summed E-state index contributed by atoms with van der Waals surface area (Å²) in [5, 5.41) is 114. The number of aliphatic hydroxyl groups excluding tert-OH is 9. The predicted molar refractivity (Wildman–Crippen MR) is 178 cm³/mol. The van der Waals surface area contributed by atoms with Crippen molar-refractivity contribution in [2.45, 2.75) is 155 Å². The second-order valence-electron chi connectivity index (χ2n) is 15.2. The smallest absolute Gasteiger partial charge is 0.317 e. The lowest BCUT2D eigenvalue weighted by Gasteiger charge is -2.50. The second-order valence-corrected chi connectivity index (χ2v) is 15.2. The number of fused-ring (bicyclic) bond motifs is 1. The third-order valence-corrected chi connectivity index (χ3v) is 11.3. The number of rotatable bonds is 14. The molecule has 0 spiro atoms. The van der Waals surface area contributed by atoms with Gasteiger partial charge in [-0.05, 0) is 19.3 Å². The Morgan fingerprint density at radius 3 is 1.63 bits per heavy atom. The average Bonchev–Trinajstić information content (AvgIpc) is 3.14. The zero-order valence-electron chi connectivity index (χ0n) is 30.8. The largest absolute Gasteiger partial charge is 0.481 e. The Bertz CT molecular complexity index is 1380. The number of carboxylic acids is 2. The molecule has 2 aliphatic carbocycles. The number of methoxy groups -OCH3 is 1. The Morgan fingerprint density at radius 1 is 0.596 bits per heavy atom. The summed E-state index contributed by atoms with van der Waals surface area (Å²) >= 11 is 0. The van der Waals surface area contributed by atoms with Gasteiger partial charge in [0.1, 0.15) is 87.1 Å². The fourth-order valence-electron chi connectivity index (χ4n) is 8.26. The fraction of sp³-hybridized carbons (Fsp3) is 0.882. The van der Waals surface area contributed by atoms with Crippen LogP contribution >= 0.6 is 0 Å². The van der Waals surface area contributed by atoms with Crippen LogP contribution < -0.4 is 0 Å². The molecule has 5 fully saturated rings. The average molecular weight is 830 g/mol. The summed E-state index contributed by atoms with van der Waals surface area (Å²) in [5.41, 5.74) is 0. The molecule has 5 aliphatic rings. The highest BCUT2D eigenvalue weighted by atomic mass is 16.7. The third-order valence-electron chi connectivity index (χ3n) is 11.3. The van der Waals surface area contributed by atoms with Crippen LogP contribution in [0, 0.1) is 11.8 Å². The number of carbonyl (C=O) groups excluding carboxylic acids is 2. The van der Waals surface area contributed by atoms with E-state index in [0.717, 1.165) is 0 Å². The van der Waals surface area contributed by atoms with Crippen molar-refractivity contribution in [3.05, 3.63) is 0 Å². The lowest BCUT2D eigenvalue weighted by molar-refractivity contribution is -0.363. The second kappa shape index (κ2) is 19.6. The normalized spacial score (nSPS) is 45.0. The van der Waals surface area contributed by atoms with Gasteiger partial charge in [0, 0.05) is 25.9 Å². The molecule has 23 heteroatoms. The van der Waals surface area contributed by atoms with E-state index in [1.807, 2.05) is 0 Å². The van der Waals surface area contributed by atoms with Crippen LogP contribution in [0.5, 0.6) is 0 Å². The van der Waals surface area contributed by atoms with Gasteiger partial charge in [-0.25, -0.2) is 0 Å². The van der Waals surface area contributed by atoms with Gasteiger partial charge in [0.2, 0.25) is 0 Å². The summed E-state index contributed by atoms with van der Waals surface area (Å²) in [4.78, 5) is 45.3. The molecule has 0 aromatic rings. The molecule has 57 heavy (non-hydrogen) atoms. The number of aliphatic carboxylic acids is 2. The van der Waals surface area contributed by atoms with E-state index in [1.165, 1.54) is 7.11 Å². The van der Waals surface area contributed by atoms with Gasteiger partial charge in [0.25, 0.3) is 0 Å². The van der Waals surface area contributed by atoms with Crippen LogP contribution in [0.15, 0.2) is 0 Å². The van der Waals surface area contributed by atoms with Crippen molar-refractivity contribution in [2.75, 3.05) is 20.3 Å². The van der Waals surface area contributed by atoms with Crippen LogP contribution in [0.2, 0.25) is 0 Å². The first-order chi connectivity index (χ1) is 26.9. The van der Waals surface area contributed by atoms with Crippen LogP contribution in [-0.2, 0) is 52.3 Å². The number of hydrogen-bond acceptors (Lipinski definition) is 20. The van der Waals surface area contributed by atoms with E-state index in [1.54, 1.807) is 0 Å². The third kappa shape index (κ3) is 10.9. The minimum atomic E-state index is -1.87. The number of carbonyl (C=O) groups is 4. The lowest BCUT2D eigenvalue weighted by Crippen LogP contribution is -2.64. The van der Waals surface area contributed by atoms with Gasteiger partial charge >= 0.3 is 23.9 Å². The maximum Gasteiger partial charge on any atom is 0.317 e. The standard InChI is InChI=1S/C34H52O23/c1-50-17-3-11(2-15(36)25(17)43)32-18(55-34-31(49)29(47)27(45)20(57-34)10-52-24(42)8-22(39)40)6-13-14(35)4-12(5-16(13)54-32)53-33-30(48)28(46)26(44)19(56-33)9-51-23(41)7-21(37)38/h11-20,25-36,43-49H,2-10H2,1H3,(H,37,38)(H,39,40)/p+1/t11?,12?,13?,14?,15?,16?,17?,18?,19-,20-,25?,26-,27-,28+,29+,30-,31-,32?,33-,34-/m1/s1. The van der Waals surface area contributed by atoms with Crippen molar-refractivity contribution in [3.63, 3.8) is 0 Å². The van der Waals surface area contributed by atoms with Crippen LogP contribution in [-0.4, -0.2) is 215 Å². The summed E-state index contributed by atoms with van der Waals surface area (Å²) in [7, 11) is 1.36. The predicted octanol–water partition coefficient (Wildman–Crippen LogP) is -6.01. The van der Waals surface area contributed by atoms with Crippen molar-refractivity contribution in [3.8, 4) is 0 Å². The highest BCUT2D eigenvalue weighted by molar-refractivity contribution is 5.90. The summed E-state index contributed by atoms with van der Waals surface area (Å²) in [6.07, 6.45) is -26.5. The monoisotopic (exact) mass is 829 g/mol. The molecule has 20 atom stereocenters. The van der Waals surface area contributed by atoms with Crippen LogP contribution in [0.3, 0.4) is 0 Å². The molecule has 0 radical (unpaired) electrons. The fourth-order valence-corrected chi connectivity index (χ4v) is 8.26. The molecule has 0 aromatic heterocycles. The quantitative estimate of drug-likeness (QED) is 0.0441. The molecule has 0 amide bonds. The summed E-state index contributed by atoms with van der Waals surface area (Å²) in [6, 6.07) is 0. The molecule has 2 saturated carbocycles. The molecule has 12 N–H and O–H groups in total. The zero-order valence-corrected chi connectivity index (χ0v) is 30.8. The molecule has 3 aliphatic heterocycles. The van der Waals surface area contributed by atoms with E-state index >= 15 is 0 Å². The molecular weight excluding hydrogens is 776 g/mol. The van der Waals surface area contributed by atoms with Gasteiger partial charge in [0.15, 0.2) is 24.8 Å². The van der Waals surface area contributed by atoms with Crippen molar-refractivity contribution in [2.24, 2.45) is 11.8 Å². The molecule has 3 heterocycles. The van der Waals surface area contributed by atoms with Crippen LogP contribution in [0.25, 0.3) is 0 Å².